The topological polar surface area (TPSA) is 64.1 Å². The fourth-order valence-corrected chi connectivity index (χ4v) is 2.68. The minimum Gasteiger partial charge on any atom is -1.00 e. The summed E-state index contributed by atoms with van der Waals surface area (Å²) >= 11 is 0. The number of nitro groups is 1. The van der Waals surface area contributed by atoms with Gasteiger partial charge < -0.3 is 12.4 Å². The summed E-state index contributed by atoms with van der Waals surface area (Å²) in [6, 6.07) is 18.0. The van der Waals surface area contributed by atoms with Crippen LogP contribution in [0.15, 0.2) is 73.1 Å². The van der Waals surface area contributed by atoms with E-state index in [0.29, 0.717) is 18.5 Å². The fraction of sp³-hybridized carbons (Fsp3) is 0.143. The highest BCUT2D eigenvalue weighted by Crippen LogP contribution is 2.14. The monoisotopic (exact) mass is 382 g/mol. The number of rotatable bonds is 6. The van der Waals surface area contributed by atoms with Gasteiger partial charge in [-0.3, -0.25) is 14.9 Å². The summed E-state index contributed by atoms with van der Waals surface area (Å²) in [5.41, 5.74) is 4.01. The van der Waals surface area contributed by atoms with Gasteiger partial charge in [-0.05, 0) is 24.5 Å². The maximum absolute atomic E-state index is 12.3. The summed E-state index contributed by atoms with van der Waals surface area (Å²) < 4.78 is 1.85. The van der Waals surface area contributed by atoms with Gasteiger partial charge in [0.2, 0.25) is 12.3 Å². The van der Waals surface area contributed by atoms with Gasteiger partial charge in [-0.1, -0.05) is 42.0 Å². The molecule has 3 aromatic rings. The number of pyridine rings is 1. The molecule has 6 heteroatoms. The van der Waals surface area contributed by atoms with E-state index in [1.165, 1.54) is 12.1 Å². The second-order valence-electron chi connectivity index (χ2n) is 6.27. The van der Waals surface area contributed by atoms with Gasteiger partial charge in [0, 0.05) is 29.8 Å². The first kappa shape index (κ1) is 20.3. The van der Waals surface area contributed by atoms with E-state index in [2.05, 4.69) is 0 Å². The maximum atomic E-state index is 12.3. The van der Waals surface area contributed by atoms with Crippen LogP contribution in [0, 0.1) is 17.0 Å². The molecule has 0 unspecified atom stereocenters. The normalized spacial score (nSPS) is 10.1. The SMILES string of the molecule is Cc1ccc(C(=O)C[n+]2ccc(Cc3ccc([N+](=O)[O-])cc3)cc2)cc1.[Cl-]. The van der Waals surface area contributed by atoms with E-state index in [9.17, 15) is 14.9 Å². The number of aryl methyl sites for hydroxylation is 1. The number of ketones is 1. The van der Waals surface area contributed by atoms with Crippen molar-refractivity contribution >= 4 is 11.5 Å². The Hall–Kier alpha value is -3.05. The summed E-state index contributed by atoms with van der Waals surface area (Å²) in [6.45, 7) is 2.29. The van der Waals surface area contributed by atoms with Crippen LogP contribution in [0.4, 0.5) is 5.69 Å². The number of nitrogens with zero attached hydrogens (tertiary/aromatic N) is 2. The predicted molar refractivity (Wildman–Crippen MR) is 98.0 cm³/mol. The number of carbonyl (C=O) groups excluding carboxylic acids is 1. The number of Topliss-reactive ketones (excluding diaryl/α,β-unsaturated/α-hetero) is 1. The molecule has 0 aliphatic carbocycles. The molecule has 0 saturated carbocycles. The van der Waals surface area contributed by atoms with E-state index in [1.807, 2.05) is 60.3 Å². The van der Waals surface area contributed by atoms with Gasteiger partial charge in [0.15, 0.2) is 12.4 Å². The third-order valence-electron chi connectivity index (χ3n) is 4.22. The Bertz CT molecular complexity index is 921. The van der Waals surface area contributed by atoms with Crippen LogP contribution in [-0.2, 0) is 13.0 Å². The van der Waals surface area contributed by atoms with Crippen LogP contribution in [0.5, 0.6) is 0 Å². The van der Waals surface area contributed by atoms with E-state index in [-0.39, 0.29) is 23.9 Å². The van der Waals surface area contributed by atoms with E-state index < -0.39 is 4.92 Å². The van der Waals surface area contributed by atoms with Gasteiger partial charge >= 0.3 is 0 Å². The molecular weight excluding hydrogens is 364 g/mol. The molecule has 138 valence electrons. The number of aromatic nitrogens is 1. The van der Waals surface area contributed by atoms with Gasteiger partial charge in [0.05, 0.1) is 4.92 Å². The Labute approximate surface area is 163 Å². The van der Waals surface area contributed by atoms with Gasteiger partial charge in [-0.2, -0.15) is 4.57 Å². The van der Waals surface area contributed by atoms with Crippen LogP contribution >= 0.6 is 0 Å². The maximum Gasteiger partial charge on any atom is 0.269 e. The molecule has 1 aromatic heterocycles. The lowest BCUT2D eigenvalue weighted by atomic mass is 10.1. The van der Waals surface area contributed by atoms with Crippen molar-refractivity contribution in [3.05, 3.63) is 105 Å². The number of nitro benzene ring substituents is 1. The molecule has 0 atom stereocenters. The average Bonchev–Trinajstić information content (AvgIpc) is 2.64. The number of non-ortho nitro benzene ring substituents is 1. The zero-order chi connectivity index (χ0) is 18.5. The number of carbonyl (C=O) groups is 1. The molecule has 0 fully saturated rings. The Balaban J connectivity index is 0.00000261. The third kappa shape index (κ3) is 5.46. The minimum absolute atomic E-state index is 0. The molecule has 0 spiro atoms. The second-order valence-corrected chi connectivity index (χ2v) is 6.27. The summed E-state index contributed by atoms with van der Waals surface area (Å²) in [4.78, 5) is 22.6. The minimum atomic E-state index is -0.403. The van der Waals surface area contributed by atoms with E-state index in [0.717, 1.165) is 16.7 Å². The van der Waals surface area contributed by atoms with Crippen molar-refractivity contribution in [2.24, 2.45) is 0 Å². The molecule has 2 aromatic carbocycles. The fourth-order valence-electron chi connectivity index (χ4n) is 2.68. The van der Waals surface area contributed by atoms with Crippen LogP contribution in [0.3, 0.4) is 0 Å². The molecular formula is C21H19ClN2O3. The molecule has 1 heterocycles. The highest BCUT2D eigenvalue weighted by Gasteiger charge is 2.12. The van der Waals surface area contributed by atoms with Crippen molar-refractivity contribution in [1.29, 1.82) is 0 Å². The Morgan fingerprint density at radius 1 is 0.926 bits per heavy atom. The van der Waals surface area contributed by atoms with Crippen molar-refractivity contribution in [2.75, 3.05) is 0 Å². The number of halogens is 1. The largest absolute Gasteiger partial charge is 1.00 e. The molecule has 0 aliphatic heterocycles. The molecule has 0 radical (unpaired) electrons. The number of hydrogen-bond donors (Lipinski definition) is 0. The van der Waals surface area contributed by atoms with Crippen molar-refractivity contribution in [1.82, 2.24) is 0 Å². The first-order valence-corrected chi connectivity index (χ1v) is 8.32. The Morgan fingerprint density at radius 2 is 1.48 bits per heavy atom. The molecule has 5 nitrogen and oxygen atoms in total. The van der Waals surface area contributed by atoms with E-state index in [4.69, 9.17) is 0 Å². The van der Waals surface area contributed by atoms with Gasteiger partial charge in [-0.25, -0.2) is 0 Å². The van der Waals surface area contributed by atoms with Crippen molar-refractivity contribution in [3.63, 3.8) is 0 Å². The van der Waals surface area contributed by atoms with Crippen LogP contribution in [0.25, 0.3) is 0 Å². The predicted octanol–water partition coefficient (Wildman–Crippen LogP) is 0.668. The van der Waals surface area contributed by atoms with Crippen LogP contribution in [0.2, 0.25) is 0 Å². The second kappa shape index (κ2) is 9.05. The first-order valence-electron chi connectivity index (χ1n) is 8.32. The summed E-state index contributed by atoms with van der Waals surface area (Å²) in [6.07, 6.45) is 4.45. The van der Waals surface area contributed by atoms with Crippen LogP contribution in [0.1, 0.15) is 27.0 Å². The number of hydrogen-bond acceptors (Lipinski definition) is 3. The Kier molecular flexibility index (Phi) is 6.79. The average molecular weight is 383 g/mol. The van der Waals surface area contributed by atoms with Crippen LogP contribution in [-0.4, -0.2) is 10.7 Å². The standard InChI is InChI=1S/C21H19N2O3.ClH/c1-16-2-6-19(7-3-16)21(24)15-22-12-10-18(11-13-22)14-17-4-8-20(9-5-17)23(25)26;/h2-13H,14-15H2,1H3;1H/q+1;/p-1. The van der Waals surface area contributed by atoms with E-state index >= 15 is 0 Å². The third-order valence-corrected chi connectivity index (χ3v) is 4.22. The highest BCUT2D eigenvalue weighted by molar-refractivity contribution is 5.95. The number of benzene rings is 2. The molecule has 27 heavy (non-hydrogen) atoms. The summed E-state index contributed by atoms with van der Waals surface area (Å²) in [7, 11) is 0. The molecule has 0 N–H and O–H groups in total. The zero-order valence-corrected chi connectivity index (χ0v) is 15.6. The van der Waals surface area contributed by atoms with Crippen molar-refractivity contribution in [2.45, 2.75) is 19.9 Å². The first-order chi connectivity index (χ1) is 12.5. The summed E-state index contributed by atoms with van der Waals surface area (Å²) in [5.74, 6) is 0.0677. The molecule has 0 saturated heterocycles. The lowest BCUT2D eigenvalue weighted by Gasteiger charge is -2.02. The Morgan fingerprint density at radius 3 is 2.04 bits per heavy atom. The van der Waals surface area contributed by atoms with E-state index in [1.54, 1.807) is 12.1 Å². The van der Waals surface area contributed by atoms with Crippen molar-refractivity contribution in [3.8, 4) is 0 Å². The zero-order valence-electron chi connectivity index (χ0n) is 14.8. The molecule has 0 aliphatic rings. The summed E-state index contributed by atoms with van der Waals surface area (Å²) in [5, 5.41) is 10.7. The van der Waals surface area contributed by atoms with Gasteiger partial charge in [-0.15, -0.1) is 0 Å². The lowest BCUT2D eigenvalue weighted by molar-refractivity contribution is -0.683. The quantitative estimate of drug-likeness (QED) is 0.272. The highest BCUT2D eigenvalue weighted by atomic mass is 35.5. The van der Waals surface area contributed by atoms with Crippen molar-refractivity contribution < 1.29 is 26.7 Å². The smallest absolute Gasteiger partial charge is 0.269 e. The molecule has 0 amide bonds. The van der Waals surface area contributed by atoms with Crippen LogP contribution < -0.4 is 17.0 Å². The van der Waals surface area contributed by atoms with Gasteiger partial charge in [0.1, 0.15) is 0 Å². The molecule has 3 rings (SSSR count). The van der Waals surface area contributed by atoms with Gasteiger partial charge in [0.25, 0.3) is 5.69 Å². The lowest BCUT2D eigenvalue weighted by Crippen LogP contribution is -3.00. The molecule has 0 bridgehead atoms.